The number of hydrogen-bond donors (Lipinski definition) is 0. The highest BCUT2D eigenvalue weighted by molar-refractivity contribution is 6.30. The van der Waals surface area contributed by atoms with Crippen LogP contribution >= 0.6 is 11.6 Å². The summed E-state index contributed by atoms with van der Waals surface area (Å²) < 4.78 is 5.43. The van der Waals surface area contributed by atoms with Crippen molar-refractivity contribution in [2.45, 2.75) is 26.4 Å². The number of ketones is 1. The van der Waals surface area contributed by atoms with Crippen molar-refractivity contribution >= 4 is 17.4 Å². The van der Waals surface area contributed by atoms with Crippen molar-refractivity contribution < 1.29 is 9.53 Å². The van der Waals surface area contributed by atoms with E-state index in [2.05, 4.69) is 0 Å². The van der Waals surface area contributed by atoms with E-state index in [1.165, 1.54) is 0 Å². The van der Waals surface area contributed by atoms with Crippen LogP contribution in [0.3, 0.4) is 0 Å². The van der Waals surface area contributed by atoms with Gasteiger partial charge in [0.15, 0.2) is 5.78 Å². The molecule has 0 N–H and O–H groups in total. The fraction of sp³-hybridized carbons (Fsp3) is 0.417. The van der Waals surface area contributed by atoms with Crippen LogP contribution in [0.25, 0.3) is 0 Å². The summed E-state index contributed by atoms with van der Waals surface area (Å²) in [5, 5.41) is 0.626. The van der Waals surface area contributed by atoms with Crippen LogP contribution in [-0.2, 0) is 9.53 Å². The van der Waals surface area contributed by atoms with Crippen LogP contribution in [0.1, 0.15) is 31.9 Å². The molecule has 1 aromatic rings. The van der Waals surface area contributed by atoms with E-state index >= 15 is 0 Å². The van der Waals surface area contributed by atoms with Crippen LogP contribution < -0.4 is 0 Å². The molecule has 0 aromatic heterocycles. The van der Waals surface area contributed by atoms with E-state index in [0.29, 0.717) is 18.1 Å². The zero-order chi connectivity index (χ0) is 11.3. The number of halogens is 1. The fourth-order valence-corrected chi connectivity index (χ4v) is 1.60. The lowest BCUT2D eigenvalue weighted by molar-refractivity contribution is -0.130. The molecule has 0 saturated carbocycles. The second-order valence-corrected chi connectivity index (χ2v) is 3.65. The van der Waals surface area contributed by atoms with Crippen molar-refractivity contribution in [3.63, 3.8) is 0 Å². The van der Waals surface area contributed by atoms with E-state index < -0.39 is 6.10 Å². The Kier molecular flexibility index (Phi) is 4.79. The maximum atomic E-state index is 11.6. The zero-order valence-corrected chi connectivity index (χ0v) is 9.75. The average Bonchev–Trinajstić information content (AvgIpc) is 2.25. The van der Waals surface area contributed by atoms with Gasteiger partial charge in [0.2, 0.25) is 0 Å². The minimum Gasteiger partial charge on any atom is -0.366 e. The Bertz CT molecular complexity index is 336. The van der Waals surface area contributed by atoms with Crippen LogP contribution in [0.5, 0.6) is 0 Å². The summed E-state index contributed by atoms with van der Waals surface area (Å²) in [4.78, 5) is 11.6. The van der Waals surface area contributed by atoms with Crippen molar-refractivity contribution in [2.75, 3.05) is 6.61 Å². The fourth-order valence-electron chi connectivity index (χ4n) is 1.40. The highest BCUT2D eigenvalue weighted by Gasteiger charge is 2.18. The average molecular weight is 227 g/mol. The van der Waals surface area contributed by atoms with Crippen LogP contribution in [0.15, 0.2) is 24.3 Å². The molecule has 0 amide bonds. The topological polar surface area (TPSA) is 26.3 Å². The van der Waals surface area contributed by atoms with Gasteiger partial charge in [-0.1, -0.05) is 30.7 Å². The maximum Gasteiger partial charge on any atom is 0.165 e. The number of ether oxygens (including phenoxy) is 1. The quantitative estimate of drug-likeness (QED) is 0.769. The predicted molar refractivity (Wildman–Crippen MR) is 61.1 cm³/mol. The lowest BCUT2D eigenvalue weighted by Crippen LogP contribution is -2.15. The van der Waals surface area contributed by atoms with Gasteiger partial charge in [-0.2, -0.15) is 0 Å². The minimum atomic E-state index is -0.473. The van der Waals surface area contributed by atoms with Crippen LogP contribution in [0.4, 0.5) is 0 Å². The number of carbonyl (C=O) groups excluding carboxylic acids is 1. The van der Waals surface area contributed by atoms with Crippen LogP contribution in [0.2, 0.25) is 5.02 Å². The predicted octanol–water partition coefficient (Wildman–Crippen LogP) is 3.40. The summed E-state index contributed by atoms with van der Waals surface area (Å²) in [7, 11) is 0. The monoisotopic (exact) mass is 226 g/mol. The molecule has 82 valence electrons. The molecular formula is C12H15ClO2. The molecule has 1 aromatic carbocycles. The molecular weight excluding hydrogens is 212 g/mol. The summed E-state index contributed by atoms with van der Waals surface area (Å²) in [6, 6.07) is 7.24. The van der Waals surface area contributed by atoms with Crippen molar-refractivity contribution in [3.05, 3.63) is 34.9 Å². The molecule has 0 heterocycles. The maximum absolute atomic E-state index is 11.6. The molecule has 0 aliphatic heterocycles. The van der Waals surface area contributed by atoms with Gasteiger partial charge in [-0.05, 0) is 24.6 Å². The molecule has 0 saturated heterocycles. The van der Waals surface area contributed by atoms with E-state index in [4.69, 9.17) is 16.3 Å². The lowest BCUT2D eigenvalue weighted by atomic mass is 10.0. The van der Waals surface area contributed by atoms with Gasteiger partial charge in [-0.15, -0.1) is 0 Å². The SMILES string of the molecule is CCOC(C(=O)CC)c1cccc(Cl)c1. The van der Waals surface area contributed by atoms with Crippen LogP contribution in [-0.4, -0.2) is 12.4 Å². The summed E-state index contributed by atoms with van der Waals surface area (Å²) in [5.74, 6) is 0.0825. The number of Topliss-reactive ketones (excluding diaryl/α,β-unsaturated/α-hetero) is 1. The summed E-state index contributed by atoms with van der Waals surface area (Å²) in [6.07, 6.45) is -0.00400. The Morgan fingerprint density at radius 3 is 2.73 bits per heavy atom. The summed E-state index contributed by atoms with van der Waals surface area (Å²) in [5.41, 5.74) is 0.830. The lowest BCUT2D eigenvalue weighted by Gasteiger charge is -2.15. The first-order chi connectivity index (χ1) is 7.19. The van der Waals surface area contributed by atoms with Gasteiger partial charge in [-0.3, -0.25) is 4.79 Å². The third-order valence-corrected chi connectivity index (χ3v) is 2.36. The highest BCUT2D eigenvalue weighted by Crippen LogP contribution is 2.22. The number of rotatable bonds is 5. The molecule has 0 fully saturated rings. The van der Waals surface area contributed by atoms with Crippen molar-refractivity contribution in [1.82, 2.24) is 0 Å². The first-order valence-corrected chi connectivity index (χ1v) is 5.46. The van der Waals surface area contributed by atoms with E-state index in [1.54, 1.807) is 12.1 Å². The molecule has 1 unspecified atom stereocenters. The highest BCUT2D eigenvalue weighted by atomic mass is 35.5. The Balaban J connectivity index is 2.93. The standard InChI is InChI=1S/C12H15ClO2/c1-3-11(14)12(15-4-2)9-6-5-7-10(13)8-9/h5-8,12H,3-4H2,1-2H3. The molecule has 0 aliphatic rings. The smallest absolute Gasteiger partial charge is 0.165 e. The zero-order valence-electron chi connectivity index (χ0n) is 9.00. The largest absolute Gasteiger partial charge is 0.366 e. The number of hydrogen-bond acceptors (Lipinski definition) is 2. The van der Waals surface area contributed by atoms with Gasteiger partial charge in [0.25, 0.3) is 0 Å². The van der Waals surface area contributed by atoms with E-state index in [1.807, 2.05) is 26.0 Å². The second kappa shape index (κ2) is 5.89. The second-order valence-electron chi connectivity index (χ2n) is 3.21. The Morgan fingerprint density at radius 1 is 1.47 bits per heavy atom. The number of carbonyl (C=O) groups is 1. The third kappa shape index (κ3) is 3.33. The molecule has 0 spiro atoms. The molecule has 1 rings (SSSR count). The summed E-state index contributed by atoms with van der Waals surface area (Å²) in [6.45, 7) is 4.22. The summed E-state index contributed by atoms with van der Waals surface area (Å²) >= 11 is 5.87. The normalized spacial score (nSPS) is 12.5. The van der Waals surface area contributed by atoms with Crippen molar-refractivity contribution in [1.29, 1.82) is 0 Å². The van der Waals surface area contributed by atoms with Gasteiger partial charge >= 0.3 is 0 Å². The van der Waals surface area contributed by atoms with E-state index in [0.717, 1.165) is 5.56 Å². The van der Waals surface area contributed by atoms with Gasteiger partial charge in [0.05, 0.1) is 0 Å². The third-order valence-electron chi connectivity index (χ3n) is 2.13. The first-order valence-electron chi connectivity index (χ1n) is 5.08. The Labute approximate surface area is 95.2 Å². The van der Waals surface area contributed by atoms with Gasteiger partial charge < -0.3 is 4.74 Å². The molecule has 1 atom stereocenters. The molecule has 3 heteroatoms. The van der Waals surface area contributed by atoms with Gasteiger partial charge in [-0.25, -0.2) is 0 Å². The number of benzene rings is 1. The van der Waals surface area contributed by atoms with E-state index in [9.17, 15) is 4.79 Å². The van der Waals surface area contributed by atoms with Crippen molar-refractivity contribution in [3.8, 4) is 0 Å². The first kappa shape index (κ1) is 12.2. The van der Waals surface area contributed by atoms with Gasteiger partial charge in [0.1, 0.15) is 6.10 Å². The Morgan fingerprint density at radius 2 is 2.20 bits per heavy atom. The van der Waals surface area contributed by atoms with E-state index in [-0.39, 0.29) is 5.78 Å². The minimum absolute atomic E-state index is 0.0825. The molecule has 0 bridgehead atoms. The van der Waals surface area contributed by atoms with Crippen LogP contribution in [0, 0.1) is 0 Å². The molecule has 0 aliphatic carbocycles. The van der Waals surface area contributed by atoms with Crippen molar-refractivity contribution in [2.24, 2.45) is 0 Å². The Hall–Kier alpha value is -0.860. The molecule has 2 nitrogen and oxygen atoms in total. The molecule has 15 heavy (non-hydrogen) atoms. The molecule has 0 radical (unpaired) electrons. The van der Waals surface area contributed by atoms with Gasteiger partial charge in [0, 0.05) is 18.1 Å².